The predicted molar refractivity (Wildman–Crippen MR) is 135 cm³/mol. The molecular weight excluding hydrogens is 458 g/mol. The van der Waals surface area contributed by atoms with E-state index in [1.165, 1.54) is 11.3 Å². The molecular formula is C24H22ClN5O2S. The molecule has 0 atom stereocenters. The Morgan fingerprint density at radius 3 is 2.61 bits per heavy atom. The minimum atomic E-state index is -0.114. The van der Waals surface area contributed by atoms with Crippen molar-refractivity contribution in [1.82, 2.24) is 19.1 Å². The van der Waals surface area contributed by atoms with Crippen molar-refractivity contribution in [3.63, 3.8) is 0 Å². The van der Waals surface area contributed by atoms with Crippen molar-refractivity contribution in [2.45, 2.75) is 13.0 Å². The van der Waals surface area contributed by atoms with Gasteiger partial charge in [-0.1, -0.05) is 23.7 Å². The van der Waals surface area contributed by atoms with Gasteiger partial charge in [-0.15, -0.1) is 11.3 Å². The Balaban J connectivity index is 1.59. The molecule has 168 valence electrons. The van der Waals surface area contributed by atoms with Gasteiger partial charge in [-0.3, -0.25) is 9.36 Å². The van der Waals surface area contributed by atoms with Crippen molar-refractivity contribution in [2.75, 3.05) is 25.6 Å². The van der Waals surface area contributed by atoms with E-state index in [0.717, 1.165) is 27.4 Å². The van der Waals surface area contributed by atoms with Gasteiger partial charge in [0.1, 0.15) is 11.0 Å². The number of anilines is 1. The maximum Gasteiger partial charge on any atom is 0.275 e. The molecule has 0 bridgehead atoms. The van der Waals surface area contributed by atoms with E-state index in [1.807, 2.05) is 67.5 Å². The van der Waals surface area contributed by atoms with E-state index < -0.39 is 0 Å². The number of aryl methyl sites for hydroxylation is 1. The number of halogens is 1. The number of thiophene rings is 1. The molecule has 33 heavy (non-hydrogen) atoms. The van der Waals surface area contributed by atoms with Crippen LogP contribution in [-0.2, 0) is 6.54 Å². The molecule has 0 spiro atoms. The largest absolute Gasteiger partial charge is 0.396 e. The van der Waals surface area contributed by atoms with Crippen LogP contribution in [0.3, 0.4) is 0 Å². The smallest absolute Gasteiger partial charge is 0.275 e. The first kappa shape index (κ1) is 21.6. The van der Waals surface area contributed by atoms with Crippen molar-refractivity contribution >= 4 is 50.1 Å². The van der Waals surface area contributed by atoms with E-state index in [2.05, 4.69) is 9.55 Å². The van der Waals surface area contributed by atoms with Gasteiger partial charge in [0.05, 0.1) is 22.2 Å². The summed E-state index contributed by atoms with van der Waals surface area (Å²) in [7, 11) is 3.88. The Hall–Kier alpha value is -3.20. The first-order valence-corrected chi connectivity index (χ1v) is 11.7. The molecule has 0 unspecified atom stereocenters. The number of hydrogen-bond acceptors (Lipinski definition) is 6. The Bertz CT molecular complexity index is 1520. The summed E-state index contributed by atoms with van der Waals surface area (Å²) >= 11 is 7.43. The van der Waals surface area contributed by atoms with Gasteiger partial charge in [0.2, 0.25) is 5.95 Å². The Morgan fingerprint density at radius 2 is 1.88 bits per heavy atom. The van der Waals surface area contributed by atoms with Gasteiger partial charge in [-0.05, 0) is 48.4 Å². The van der Waals surface area contributed by atoms with Crippen LogP contribution < -0.4 is 10.5 Å². The zero-order valence-corrected chi connectivity index (χ0v) is 19.8. The first-order chi connectivity index (χ1) is 16.0. The van der Waals surface area contributed by atoms with Gasteiger partial charge >= 0.3 is 0 Å². The van der Waals surface area contributed by atoms with Crippen molar-refractivity contribution in [2.24, 2.45) is 0 Å². The van der Waals surface area contributed by atoms with E-state index in [-0.39, 0.29) is 12.2 Å². The summed E-state index contributed by atoms with van der Waals surface area (Å²) in [4.78, 5) is 25.5. The topological polar surface area (TPSA) is 76.2 Å². The lowest BCUT2D eigenvalue weighted by Gasteiger charge is -2.14. The fraction of sp³-hybridized carbons (Fsp3) is 0.208. The van der Waals surface area contributed by atoms with Crippen molar-refractivity contribution < 1.29 is 5.11 Å². The summed E-state index contributed by atoms with van der Waals surface area (Å²) in [6, 6.07) is 15.3. The average molecular weight is 480 g/mol. The lowest BCUT2D eigenvalue weighted by molar-refractivity contribution is 0.280. The molecule has 5 rings (SSSR count). The minimum absolute atomic E-state index is 0.114. The van der Waals surface area contributed by atoms with E-state index in [1.54, 1.807) is 10.9 Å². The number of hydrogen-bond donors (Lipinski definition) is 1. The van der Waals surface area contributed by atoms with Crippen LogP contribution in [0.25, 0.3) is 37.4 Å². The van der Waals surface area contributed by atoms with Crippen molar-refractivity contribution in [3.8, 4) is 16.1 Å². The molecule has 0 radical (unpaired) electrons. The van der Waals surface area contributed by atoms with E-state index in [9.17, 15) is 9.90 Å². The maximum absolute atomic E-state index is 13.3. The van der Waals surface area contributed by atoms with Gasteiger partial charge < -0.3 is 14.6 Å². The van der Waals surface area contributed by atoms with Crippen molar-refractivity contribution in [3.05, 3.63) is 70.2 Å². The third kappa shape index (κ3) is 3.90. The third-order valence-corrected chi connectivity index (χ3v) is 6.91. The predicted octanol–water partition coefficient (Wildman–Crippen LogP) is 4.57. The molecule has 0 fully saturated rings. The number of aliphatic hydroxyl groups is 1. The van der Waals surface area contributed by atoms with Gasteiger partial charge in [-0.2, -0.15) is 0 Å². The number of imidazole rings is 1. The van der Waals surface area contributed by atoms with Gasteiger partial charge in [0, 0.05) is 37.1 Å². The van der Waals surface area contributed by atoms with Crippen LogP contribution in [0.4, 0.5) is 5.95 Å². The van der Waals surface area contributed by atoms with Crippen LogP contribution in [0.1, 0.15) is 6.42 Å². The van der Waals surface area contributed by atoms with Crippen LogP contribution >= 0.6 is 22.9 Å². The van der Waals surface area contributed by atoms with Gasteiger partial charge in [-0.25, -0.2) is 9.97 Å². The molecule has 2 aromatic carbocycles. The SMILES string of the molecule is CN(C)c1nc2cc(-n3cnc4cc(-c5ccc(Cl)cc5)sc4c3=O)ccc2n1CCCO. The van der Waals surface area contributed by atoms with E-state index >= 15 is 0 Å². The summed E-state index contributed by atoms with van der Waals surface area (Å²) in [5.74, 6) is 0.808. The standard InChI is InChI=1S/C24H22ClN5O2S/c1-28(2)24-27-18-12-17(8-9-20(18)29(24)10-3-11-31)30-14-26-19-13-21(33-22(19)23(30)32)15-4-6-16(25)7-5-15/h4-9,12-14,31H,3,10-11H2,1-2H3. The zero-order chi connectivity index (χ0) is 23.1. The second kappa shape index (κ2) is 8.62. The molecule has 3 aromatic heterocycles. The second-order valence-electron chi connectivity index (χ2n) is 7.96. The minimum Gasteiger partial charge on any atom is -0.396 e. The third-order valence-electron chi connectivity index (χ3n) is 5.50. The number of rotatable bonds is 6. The summed E-state index contributed by atoms with van der Waals surface area (Å²) in [5, 5.41) is 9.94. The number of nitrogens with zero attached hydrogens (tertiary/aromatic N) is 5. The zero-order valence-electron chi connectivity index (χ0n) is 18.2. The fourth-order valence-electron chi connectivity index (χ4n) is 3.90. The molecule has 9 heteroatoms. The summed E-state index contributed by atoms with van der Waals surface area (Å²) in [6.45, 7) is 0.778. The Morgan fingerprint density at radius 1 is 1.09 bits per heavy atom. The highest BCUT2D eigenvalue weighted by Crippen LogP contribution is 2.32. The molecule has 0 amide bonds. The molecule has 5 aromatic rings. The number of aliphatic hydroxyl groups excluding tert-OH is 1. The Labute approximate surface area is 199 Å². The molecule has 7 nitrogen and oxygen atoms in total. The maximum atomic E-state index is 13.3. The summed E-state index contributed by atoms with van der Waals surface area (Å²) < 4.78 is 4.24. The quantitative estimate of drug-likeness (QED) is 0.386. The highest BCUT2D eigenvalue weighted by Gasteiger charge is 2.15. The van der Waals surface area contributed by atoms with Crippen LogP contribution in [0.2, 0.25) is 5.02 Å². The molecule has 0 aliphatic heterocycles. The van der Waals surface area contributed by atoms with Crippen LogP contribution in [0.5, 0.6) is 0 Å². The molecule has 3 heterocycles. The lowest BCUT2D eigenvalue weighted by Crippen LogP contribution is -2.17. The monoisotopic (exact) mass is 479 g/mol. The highest BCUT2D eigenvalue weighted by atomic mass is 35.5. The van der Waals surface area contributed by atoms with Crippen molar-refractivity contribution in [1.29, 1.82) is 0 Å². The summed E-state index contributed by atoms with van der Waals surface area (Å²) in [5.41, 5.74) is 4.01. The lowest BCUT2D eigenvalue weighted by atomic mass is 10.2. The molecule has 0 aliphatic carbocycles. The van der Waals surface area contributed by atoms with Gasteiger partial charge in [0.15, 0.2) is 0 Å². The second-order valence-corrected chi connectivity index (χ2v) is 9.45. The average Bonchev–Trinajstić information content (AvgIpc) is 3.40. The van der Waals surface area contributed by atoms with Crippen LogP contribution in [0.15, 0.2) is 59.7 Å². The van der Waals surface area contributed by atoms with Gasteiger partial charge in [0.25, 0.3) is 5.56 Å². The number of aromatic nitrogens is 4. The molecule has 1 N–H and O–H groups in total. The molecule has 0 saturated heterocycles. The van der Waals surface area contributed by atoms with E-state index in [0.29, 0.717) is 33.9 Å². The summed E-state index contributed by atoms with van der Waals surface area (Å²) in [6.07, 6.45) is 2.21. The Kier molecular flexibility index (Phi) is 5.65. The molecule has 0 aliphatic rings. The highest BCUT2D eigenvalue weighted by molar-refractivity contribution is 7.22. The van der Waals surface area contributed by atoms with Crippen LogP contribution in [-0.4, -0.2) is 44.9 Å². The number of benzene rings is 2. The normalized spacial score (nSPS) is 11.5. The van der Waals surface area contributed by atoms with E-state index in [4.69, 9.17) is 16.6 Å². The number of fused-ring (bicyclic) bond motifs is 2. The molecule has 0 saturated carbocycles. The first-order valence-electron chi connectivity index (χ1n) is 10.5. The fourth-order valence-corrected chi connectivity index (χ4v) is 5.07. The van der Waals surface area contributed by atoms with Crippen LogP contribution in [0, 0.1) is 0 Å².